The highest BCUT2D eigenvalue weighted by Crippen LogP contribution is 2.48. The van der Waals surface area contributed by atoms with E-state index in [0.717, 1.165) is 11.1 Å². The number of methoxy groups -OCH3 is 1. The summed E-state index contributed by atoms with van der Waals surface area (Å²) in [7, 11) is 1.53. The summed E-state index contributed by atoms with van der Waals surface area (Å²) < 4.78 is 50.0. The van der Waals surface area contributed by atoms with Gasteiger partial charge < -0.3 is 9.30 Å². The molecular formula is C23H18F3N7O. The molecule has 0 unspecified atom stereocenters. The van der Waals surface area contributed by atoms with Gasteiger partial charge in [0, 0.05) is 55.0 Å². The lowest BCUT2D eigenvalue weighted by Crippen LogP contribution is -2.35. The minimum atomic E-state index is -2.70. The third-order valence-corrected chi connectivity index (χ3v) is 6.15. The summed E-state index contributed by atoms with van der Waals surface area (Å²) in [5.41, 5.74) is 3.98. The molecule has 1 saturated carbocycles. The van der Waals surface area contributed by atoms with Gasteiger partial charge in [0.25, 0.3) is 0 Å². The second-order valence-corrected chi connectivity index (χ2v) is 8.36. The number of hydrogen-bond acceptors (Lipinski definition) is 6. The molecule has 1 aliphatic rings. The lowest BCUT2D eigenvalue weighted by atomic mass is 9.80. The van der Waals surface area contributed by atoms with Crippen molar-refractivity contribution in [3.8, 4) is 17.0 Å². The van der Waals surface area contributed by atoms with E-state index in [9.17, 15) is 13.2 Å². The minimum absolute atomic E-state index is 0.251. The molecule has 5 aromatic rings. The van der Waals surface area contributed by atoms with Crippen LogP contribution in [0, 0.1) is 5.95 Å². The maximum Gasteiger partial charge on any atom is 0.249 e. The van der Waals surface area contributed by atoms with Crippen LogP contribution in [0.2, 0.25) is 0 Å². The number of pyridine rings is 2. The van der Waals surface area contributed by atoms with Crippen LogP contribution in [0.25, 0.3) is 27.8 Å². The molecule has 5 aromatic heterocycles. The van der Waals surface area contributed by atoms with Crippen molar-refractivity contribution in [1.29, 1.82) is 0 Å². The number of ether oxygens (including phenoxy) is 1. The van der Waals surface area contributed by atoms with E-state index in [2.05, 4.69) is 25.0 Å². The van der Waals surface area contributed by atoms with Crippen LogP contribution in [-0.2, 0) is 6.54 Å². The van der Waals surface area contributed by atoms with Gasteiger partial charge >= 0.3 is 0 Å². The maximum absolute atomic E-state index is 13.7. The van der Waals surface area contributed by atoms with Gasteiger partial charge in [0.2, 0.25) is 17.8 Å². The van der Waals surface area contributed by atoms with E-state index >= 15 is 0 Å². The van der Waals surface area contributed by atoms with Crippen molar-refractivity contribution >= 4 is 16.7 Å². The Morgan fingerprint density at radius 1 is 1.15 bits per heavy atom. The van der Waals surface area contributed by atoms with Crippen LogP contribution >= 0.6 is 0 Å². The molecule has 8 nitrogen and oxygen atoms in total. The fraction of sp³-hybridized carbons (Fsp3) is 0.261. The van der Waals surface area contributed by atoms with E-state index in [1.807, 2.05) is 16.7 Å². The predicted octanol–water partition coefficient (Wildman–Crippen LogP) is 4.24. The number of nitrogens with zero attached hydrogens (tertiary/aromatic N) is 7. The number of aromatic nitrogens is 7. The van der Waals surface area contributed by atoms with E-state index in [1.165, 1.54) is 25.7 Å². The normalized spacial score (nSPS) is 15.6. The third kappa shape index (κ3) is 3.35. The smallest absolute Gasteiger partial charge is 0.249 e. The third-order valence-electron chi connectivity index (χ3n) is 6.15. The van der Waals surface area contributed by atoms with Gasteiger partial charge in [-0.15, -0.1) is 0 Å². The zero-order valence-corrected chi connectivity index (χ0v) is 18.0. The van der Waals surface area contributed by atoms with Crippen LogP contribution < -0.4 is 4.74 Å². The quantitative estimate of drug-likeness (QED) is 0.361. The van der Waals surface area contributed by atoms with Crippen molar-refractivity contribution in [1.82, 2.24) is 34.1 Å². The zero-order valence-electron chi connectivity index (χ0n) is 18.0. The second-order valence-electron chi connectivity index (χ2n) is 8.36. The van der Waals surface area contributed by atoms with Crippen molar-refractivity contribution in [2.75, 3.05) is 7.11 Å². The summed E-state index contributed by atoms with van der Waals surface area (Å²) >= 11 is 0. The Labute approximate surface area is 191 Å². The molecule has 0 aliphatic heterocycles. The summed E-state index contributed by atoms with van der Waals surface area (Å²) in [5.74, 6) is -2.77. The predicted molar refractivity (Wildman–Crippen MR) is 116 cm³/mol. The number of imidazole rings is 1. The molecule has 0 radical (unpaired) electrons. The molecule has 0 atom stereocenters. The first-order valence-electron chi connectivity index (χ1n) is 10.6. The van der Waals surface area contributed by atoms with Crippen molar-refractivity contribution in [3.63, 3.8) is 0 Å². The lowest BCUT2D eigenvalue weighted by Gasteiger charge is -2.34. The molecule has 11 heteroatoms. The van der Waals surface area contributed by atoms with Gasteiger partial charge in [-0.25, -0.2) is 28.2 Å². The average molecular weight is 465 g/mol. The van der Waals surface area contributed by atoms with Crippen molar-refractivity contribution < 1.29 is 17.9 Å². The van der Waals surface area contributed by atoms with Crippen LogP contribution in [0.15, 0.2) is 49.2 Å². The van der Waals surface area contributed by atoms with E-state index < -0.39 is 17.8 Å². The molecule has 0 spiro atoms. The number of halogens is 3. The van der Waals surface area contributed by atoms with Gasteiger partial charge in [0.05, 0.1) is 12.6 Å². The molecular weight excluding hydrogens is 447 g/mol. The molecule has 0 aromatic carbocycles. The minimum Gasteiger partial charge on any atom is -0.479 e. The van der Waals surface area contributed by atoms with E-state index in [1.54, 1.807) is 23.0 Å². The Kier molecular flexibility index (Phi) is 4.54. The fourth-order valence-corrected chi connectivity index (χ4v) is 4.52. The number of hydrogen-bond donors (Lipinski definition) is 0. The highest BCUT2D eigenvalue weighted by Gasteiger charge is 2.48. The van der Waals surface area contributed by atoms with Gasteiger partial charge in [0.1, 0.15) is 17.7 Å². The van der Waals surface area contributed by atoms with Crippen LogP contribution in [-0.4, -0.2) is 47.1 Å². The zero-order chi connectivity index (χ0) is 23.4. The van der Waals surface area contributed by atoms with E-state index in [4.69, 9.17) is 4.74 Å². The maximum atomic E-state index is 13.7. The fourth-order valence-electron chi connectivity index (χ4n) is 4.52. The first kappa shape index (κ1) is 20.6. The van der Waals surface area contributed by atoms with Crippen molar-refractivity contribution in [2.24, 2.45) is 0 Å². The van der Waals surface area contributed by atoms with E-state index in [-0.39, 0.29) is 19.4 Å². The summed E-state index contributed by atoms with van der Waals surface area (Å²) in [6.45, 7) is 0.251. The van der Waals surface area contributed by atoms with Crippen molar-refractivity contribution in [2.45, 2.75) is 31.2 Å². The lowest BCUT2D eigenvalue weighted by molar-refractivity contribution is -0.0889. The van der Waals surface area contributed by atoms with Crippen LogP contribution in [0.5, 0.6) is 5.88 Å². The Bertz CT molecular complexity index is 1540. The summed E-state index contributed by atoms with van der Waals surface area (Å²) in [5, 5.41) is 4.21. The highest BCUT2D eigenvalue weighted by molar-refractivity contribution is 5.88. The monoisotopic (exact) mass is 465 g/mol. The van der Waals surface area contributed by atoms with Gasteiger partial charge in [0.15, 0.2) is 5.65 Å². The topological polar surface area (TPSA) is 83.0 Å². The Morgan fingerprint density at radius 3 is 2.76 bits per heavy atom. The second kappa shape index (κ2) is 7.51. The highest BCUT2D eigenvalue weighted by atomic mass is 19.3. The molecule has 0 saturated heterocycles. The summed E-state index contributed by atoms with van der Waals surface area (Å²) in [6.07, 6.45) is 5.70. The number of alkyl halides is 2. The van der Waals surface area contributed by atoms with E-state index in [0.29, 0.717) is 33.9 Å². The molecule has 5 heterocycles. The van der Waals surface area contributed by atoms with Crippen molar-refractivity contribution in [3.05, 3.63) is 66.5 Å². The molecule has 6 rings (SSSR count). The first-order valence-corrected chi connectivity index (χ1v) is 10.6. The first-order chi connectivity index (χ1) is 16.4. The van der Waals surface area contributed by atoms with Gasteiger partial charge in [-0.2, -0.15) is 14.5 Å². The SMILES string of the molecule is COc1ncnn2ccc(-c3cnc4nc(C5CC(F)(F)C5)n(Cc5ccnc(F)c5)c4c3)c12. The summed E-state index contributed by atoms with van der Waals surface area (Å²) in [4.78, 5) is 16.9. The average Bonchev–Trinajstić information content (AvgIpc) is 3.39. The molecule has 34 heavy (non-hydrogen) atoms. The molecule has 0 N–H and O–H groups in total. The summed E-state index contributed by atoms with van der Waals surface area (Å²) in [6, 6.07) is 6.79. The standard InChI is InChI=1S/C23H18F3N7O/c1-34-22-19-16(3-5-33(19)30-12-29-22)14-7-17-20(28-10-14)31-21(15-8-23(25,26)9-15)32(17)11-13-2-4-27-18(24)6-13/h2-7,10,12,15H,8-9,11H2,1H3. The molecule has 1 fully saturated rings. The largest absolute Gasteiger partial charge is 0.479 e. The number of fused-ring (bicyclic) bond motifs is 2. The van der Waals surface area contributed by atoms with Crippen LogP contribution in [0.4, 0.5) is 13.2 Å². The molecule has 172 valence electrons. The van der Waals surface area contributed by atoms with Gasteiger partial charge in [-0.3, -0.25) is 0 Å². The Balaban J connectivity index is 1.51. The number of rotatable bonds is 5. The van der Waals surface area contributed by atoms with Gasteiger partial charge in [-0.05, 0) is 29.8 Å². The Hall–Kier alpha value is -4.02. The molecule has 0 amide bonds. The van der Waals surface area contributed by atoms with Crippen LogP contribution in [0.1, 0.15) is 30.1 Å². The van der Waals surface area contributed by atoms with Gasteiger partial charge in [-0.1, -0.05) is 0 Å². The Morgan fingerprint density at radius 2 is 2.00 bits per heavy atom. The van der Waals surface area contributed by atoms with Crippen LogP contribution in [0.3, 0.4) is 0 Å². The molecule has 1 aliphatic carbocycles. The molecule has 0 bridgehead atoms.